The van der Waals surface area contributed by atoms with E-state index in [2.05, 4.69) is 37.6 Å². The standard InChI is InChI=1S/C25H28N6O2/c1-3-24(33)31-15-13-30(14-16-31)22-6-4-5-21(17-22)28-25-26-12-11-23(29-25)19-7-9-20(10-8-19)27-18(2)32/h4-12,17H,3,13-16H2,1-2H3,(H,27,32)(H,26,28,29). The predicted molar refractivity (Wildman–Crippen MR) is 131 cm³/mol. The van der Waals surface area contributed by atoms with Crippen LogP contribution in [0.5, 0.6) is 0 Å². The fourth-order valence-corrected chi connectivity index (χ4v) is 3.85. The normalized spacial score (nSPS) is 13.5. The van der Waals surface area contributed by atoms with Crippen molar-refractivity contribution in [1.82, 2.24) is 14.9 Å². The maximum absolute atomic E-state index is 11.9. The lowest BCUT2D eigenvalue weighted by Gasteiger charge is -2.36. The van der Waals surface area contributed by atoms with Gasteiger partial charge in [0.15, 0.2) is 0 Å². The number of carbonyl (C=O) groups excluding carboxylic acids is 2. The maximum atomic E-state index is 11.9. The van der Waals surface area contributed by atoms with Crippen molar-refractivity contribution in [2.45, 2.75) is 20.3 Å². The number of hydrogen-bond acceptors (Lipinski definition) is 6. The van der Waals surface area contributed by atoms with Crippen LogP contribution in [-0.2, 0) is 9.59 Å². The number of aromatic nitrogens is 2. The molecule has 0 unspecified atom stereocenters. The summed E-state index contributed by atoms with van der Waals surface area (Å²) in [6.07, 6.45) is 2.28. The molecule has 0 atom stereocenters. The summed E-state index contributed by atoms with van der Waals surface area (Å²) in [6.45, 7) is 6.51. The molecular weight excluding hydrogens is 416 g/mol. The van der Waals surface area contributed by atoms with Crippen LogP contribution in [0.2, 0.25) is 0 Å². The molecular formula is C25H28N6O2. The average molecular weight is 445 g/mol. The van der Waals surface area contributed by atoms with E-state index in [1.54, 1.807) is 6.20 Å². The molecule has 0 bridgehead atoms. The third kappa shape index (κ3) is 5.65. The van der Waals surface area contributed by atoms with E-state index in [0.717, 1.165) is 54.5 Å². The zero-order valence-electron chi connectivity index (χ0n) is 18.9. The molecule has 0 radical (unpaired) electrons. The third-order valence-corrected chi connectivity index (χ3v) is 5.56. The fraction of sp³-hybridized carbons (Fsp3) is 0.280. The van der Waals surface area contributed by atoms with Crippen molar-refractivity contribution >= 4 is 34.8 Å². The first-order chi connectivity index (χ1) is 16.0. The molecule has 2 heterocycles. The number of benzene rings is 2. The van der Waals surface area contributed by atoms with Gasteiger partial charge in [-0.05, 0) is 36.4 Å². The molecule has 0 spiro atoms. The Kier molecular flexibility index (Phi) is 6.83. The van der Waals surface area contributed by atoms with Gasteiger partial charge in [0, 0.05) is 68.3 Å². The molecule has 1 aliphatic heterocycles. The predicted octanol–water partition coefficient (Wildman–Crippen LogP) is 3.90. The van der Waals surface area contributed by atoms with Crippen molar-refractivity contribution in [2.75, 3.05) is 41.7 Å². The number of carbonyl (C=O) groups is 2. The first kappa shape index (κ1) is 22.3. The zero-order valence-corrected chi connectivity index (χ0v) is 18.9. The van der Waals surface area contributed by atoms with Gasteiger partial charge in [-0.15, -0.1) is 0 Å². The van der Waals surface area contributed by atoms with Gasteiger partial charge in [-0.2, -0.15) is 0 Å². The molecule has 2 amide bonds. The van der Waals surface area contributed by atoms with Crippen LogP contribution in [0.3, 0.4) is 0 Å². The smallest absolute Gasteiger partial charge is 0.227 e. The highest BCUT2D eigenvalue weighted by atomic mass is 16.2. The molecule has 2 N–H and O–H groups in total. The highest BCUT2D eigenvalue weighted by Gasteiger charge is 2.20. The second-order valence-corrected chi connectivity index (χ2v) is 7.92. The Morgan fingerprint density at radius 2 is 1.73 bits per heavy atom. The van der Waals surface area contributed by atoms with E-state index < -0.39 is 0 Å². The first-order valence-electron chi connectivity index (χ1n) is 11.1. The Labute approximate surface area is 193 Å². The van der Waals surface area contributed by atoms with Gasteiger partial charge in [-0.3, -0.25) is 9.59 Å². The Bertz CT molecular complexity index is 1120. The van der Waals surface area contributed by atoms with Crippen molar-refractivity contribution in [3.8, 4) is 11.3 Å². The maximum Gasteiger partial charge on any atom is 0.227 e. The van der Waals surface area contributed by atoms with Gasteiger partial charge in [0.05, 0.1) is 5.69 Å². The van der Waals surface area contributed by atoms with Crippen LogP contribution in [-0.4, -0.2) is 52.9 Å². The topological polar surface area (TPSA) is 90.5 Å². The molecule has 0 saturated carbocycles. The number of amides is 2. The van der Waals surface area contributed by atoms with Gasteiger partial charge in [0.2, 0.25) is 17.8 Å². The highest BCUT2D eigenvalue weighted by Crippen LogP contribution is 2.24. The van der Waals surface area contributed by atoms with E-state index >= 15 is 0 Å². The summed E-state index contributed by atoms with van der Waals surface area (Å²) in [4.78, 5) is 36.4. The largest absolute Gasteiger partial charge is 0.368 e. The Morgan fingerprint density at radius 1 is 0.970 bits per heavy atom. The monoisotopic (exact) mass is 444 g/mol. The van der Waals surface area contributed by atoms with Gasteiger partial charge in [0.1, 0.15) is 0 Å². The molecule has 8 nitrogen and oxygen atoms in total. The van der Waals surface area contributed by atoms with Gasteiger partial charge >= 0.3 is 0 Å². The molecule has 3 aromatic rings. The SMILES string of the molecule is CCC(=O)N1CCN(c2cccc(Nc3nccc(-c4ccc(NC(C)=O)cc4)n3)c2)CC1. The fourth-order valence-electron chi connectivity index (χ4n) is 3.85. The van der Waals surface area contributed by atoms with Crippen LogP contribution < -0.4 is 15.5 Å². The number of anilines is 4. The van der Waals surface area contributed by atoms with E-state index in [1.807, 2.05) is 54.3 Å². The summed E-state index contributed by atoms with van der Waals surface area (Å²) in [7, 11) is 0. The van der Waals surface area contributed by atoms with Crippen molar-refractivity contribution < 1.29 is 9.59 Å². The van der Waals surface area contributed by atoms with Crippen LogP contribution in [0.1, 0.15) is 20.3 Å². The Balaban J connectivity index is 1.44. The van der Waals surface area contributed by atoms with Crippen molar-refractivity contribution in [3.63, 3.8) is 0 Å². The van der Waals surface area contributed by atoms with E-state index in [-0.39, 0.29) is 11.8 Å². The molecule has 1 aromatic heterocycles. The number of nitrogens with one attached hydrogen (secondary N) is 2. The molecule has 1 saturated heterocycles. The lowest BCUT2D eigenvalue weighted by molar-refractivity contribution is -0.131. The lowest BCUT2D eigenvalue weighted by Crippen LogP contribution is -2.48. The van der Waals surface area contributed by atoms with Crippen molar-refractivity contribution in [1.29, 1.82) is 0 Å². The summed E-state index contributed by atoms with van der Waals surface area (Å²) in [5.41, 5.74) is 4.47. The van der Waals surface area contributed by atoms with Crippen LogP contribution in [0.4, 0.5) is 23.0 Å². The van der Waals surface area contributed by atoms with Gasteiger partial charge in [-0.25, -0.2) is 9.97 Å². The molecule has 1 aliphatic rings. The molecule has 1 fully saturated rings. The minimum Gasteiger partial charge on any atom is -0.368 e. The quantitative estimate of drug-likeness (QED) is 0.599. The average Bonchev–Trinajstić information content (AvgIpc) is 2.84. The Hall–Kier alpha value is -3.94. The summed E-state index contributed by atoms with van der Waals surface area (Å²) in [6, 6.07) is 17.5. The van der Waals surface area contributed by atoms with Crippen LogP contribution in [0.25, 0.3) is 11.3 Å². The van der Waals surface area contributed by atoms with Crippen molar-refractivity contribution in [2.24, 2.45) is 0 Å². The molecule has 33 heavy (non-hydrogen) atoms. The molecule has 170 valence electrons. The number of nitrogens with zero attached hydrogens (tertiary/aromatic N) is 4. The minimum absolute atomic E-state index is 0.102. The Morgan fingerprint density at radius 3 is 2.42 bits per heavy atom. The highest BCUT2D eigenvalue weighted by molar-refractivity contribution is 5.88. The van der Waals surface area contributed by atoms with Crippen LogP contribution in [0, 0.1) is 0 Å². The van der Waals surface area contributed by atoms with Gasteiger partial charge in [0.25, 0.3) is 0 Å². The number of piperazine rings is 1. The number of hydrogen-bond donors (Lipinski definition) is 2. The van der Waals surface area contributed by atoms with Crippen LogP contribution >= 0.6 is 0 Å². The van der Waals surface area contributed by atoms with Crippen LogP contribution in [0.15, 0.2) is 60.8 Å². The molecule has 2 aromatic carbocycles. The lowest BCUT2D eigenvalue weighted by atomic mass is 10.1. The van der Waals surface area contributed by atoms with E-state index in [4.69, 9.17) is 0 Å². The molecule has 0 aliphatic carbocycles. The van der Waals surface area contributed by atoms with E-state index in [1.165, 1.54) is 6.92 Å². The first-order valence-corrected chi connectivity index (χ1v) is 11.1. The summed E-state index contributed by atoms with van der Waals surface area (Å²) < 4.78 is 0. The van der Waals surface area contributed by atoms with E-state index in [9.17, 15) is 9.59 Å². The third-order valence-electron chi connectivity index (χ3n) is 5.56. The van der Waals surface area contributed by atoms with Crippen molar-refractivity contribution in [3.05, 3.63) is 60.8 Å². The van der Waals surface area contributed by atoms with Gasteiger partial charge in [-0.1, -0.05) is 25.1 Å². The minimum atomic E-state index is -0.102. The molecule has 8 heteroatoms. The number of rotatable bonds is 6. The second-order valence-electron chi connectivity index (χ2n) is 7.92. The summed E-state index contributed by atoms with van der Waals surface area (Å²) in [5, 5.41) is 6.06. The molecule has 4 rings (SSSR count). The van der Waals surface area contributed by atoms with Gasteiger partial charge < -0.3 is 20.4 Å². The zero-order chi connectivity index (χ0) is 23.2. The summed E-state index contributed by atoms with van der Waals surface area (Å²) in [5.74, 6) is 0.621. The second kappa shape index (κ2) is 10.1. The summed E-state index contributed by atoms with van der Waals surface area (Å²) >= 11 is 0. The van der Waals surface area contributed by atoms with E-state index in [0.29, 0.717) is 12.4 Å².